The molecule has 102 valence electrons. The number of nitro groups is 1. The molecule has 0 amide bonds. The van der Waals surface area contributed by atoms with Gasteiger partial charge in [0.1, 0.15) is 11.9 Å². The molecule has 0 bridgehead atoms. The number of hydrogen-bond donors (Lipinski definition) is 0. The standard InChI is InChI=1S/C12H13NO6/c14-12(19-11-5-7-17-8-6-11)18-10-3-1-9(2-4-10)13(15)16/h1-4,11H,5-8H2. The first-order valence-corrected chi connectivity index (χ1v) is 5.86. The van der Waals surface area contributed by atoms with E-state index in [1.54, 1.807) is 0 Å². The Morgan fingerprint density at radius 2 is 1.89 bits per heavy atom. The quantitative estimate of drug-likeness (QED) is 0.361. The second-order valence-corrected chi connectivity index (χ2v) is 4.03. The van der Waals surface area contributed by atoms with E-state index in [4.69, 9.17) is 14.2 Å². The van der Waals surface area contributed by atoms with Crippen LogP contribution in [-0.4, -0.2) is 30.4 Å². The van der Waals surface area contributed by atoms with Gasteiger partial charge in [0.25, 0.3) is 5.69 Å². The van der Waals surface area contributed by atoms with Crippen LogP contribution in [0.15, 0.2) is 24.3 Å². The Labute approximate surface area is 109 Å². The van der Waals surface area contributed by atoms with Crippen molar-refractivity contribution in [3.63, 3.8) is 0 Å². The Morgan fingerprint density at radius 3 is 2.47 bits per heavy atom. The van der Waals surface area contributed by atoms with Gasteiger partial charge < -0.3 is 14.2 Å². The fourth-order valence-corrected chi connectivity index (χ4v) is 1.69. The highest BCUT2D eigenvalue weighted by Crippen LogP contribution is 2.18. The van der Waals surface area contributed by atoms with Gasteiger partial charge in [-0.15, -0.1) is 0 Å². The van der Waals surface area contributed by atoms with E-state index in [2.05, 4.69) is 0 Å². The molecule has 1 fully saturated rings. The molecule has 0 aromatic heterocycles. The lowest BCUT2D eigenvalue weighted by atomic mass is 10.2. The van der Waals surface area contributed by atoms with E-state index in [0.29, 0.717) is 26.1 Å². The minimum Gasteiger partial charge on any atom is -0.430 e. The van der Waals surface area contributed by atoms with E-state index < -0.39 is 11.1 Å². The van der Waals surface area contributed by atoms with E-state index in [9.17, 15) is 14.9 Å². The maximum Gasteiger partial charge on any atom is 0.514 e. The molecule has 2 rings (SSSR count). The van der Waals surface area contributed by atoms with E-state index in [1.807, 2.05) is 0 Å². The molecule has 7 nitrogen and oxygen atoms in total. The summed E-state index contributed by atoms with van der Waals surface area (Å²) in [7, 11) is 0. The molecule has 1 aromatic rings. The van der Waals surface area contributed by atoms with E-state index >= 15 is 0 Å². The molecule has 1 aromatic carbocycles. The summed E-state index contributed by atoms with van der Waals surface area (Å²) in [5.41, 5.74) is -0.0647. The first kappa shape index (κ1) is 13.3. The highest BCUT2D eigenvalue weighted by atomic mass is 16.7. The smallest absolute Gasteiger partial charge is 0.430 e. The SMILES string of the molecule is O=C(Oc1ccc([N+](=O)[O-])cc1)OC1CCOCC1. The van der Waals surface area contributed by atoms with Crippen molar-refractivity contribution in [3.05, 3.63) is 34.4 Å². The summed E-state index contributed by atoms with van der Waals surface area (Å²) in [4.78, 5) is 21.4. The number of ether oxygens (including phenoxy) is 3. The number of benzene rings is 1. The van der Waals surface area contributed by atoms with Gasteiger partial charge in [0, 0.05) is 25.0 Å². The van der Waals surface area contributed by atoms with Gasteiger partial charge in [-0.05, 0) is 12.1 Å². The predicted molar refractivity (Wildman–Crippen MR) is 64.0 cm³/mol. The summed E-state index contributed by atoms with van der Waals surface area (Å²) in [6.45, 7) is 1.13. The third-order valence-corrected chi connectivity index (χ3v) is 2.68. The highest BCUT2D eigenvalue weighted by molar-refractivity contribution is 5.64. The van der Waals surface area contributed by atoms with Gasteiger partial charge in [-0.3, -0.25) is 10.1 Å². The van der Waals surface area contributed by atoms with Crippen molar-refractivity contribution in [2.45, 2.75) is 18.9 Å². The molecule has 0 spiro atoms. The Morgan fingerprint density at radius 1 is 1.26 bits per heavy atom. The molecule has 1 aliphatic rings. The molecule has 0 atom stereocenters. The molecule has 0 saturated carbocycles. The number of nitrogens with zero attached hydrogens (tertiary/aromatic N) is 1. The van der Waals surface area contributed by atoms with Gasteiger partial charge in [-0.2, -0.15) is 0 Å². The maximum atomic E-state index is 11.5. The summed E-state index contributed by atoms with van der Waals surface area (Å²) >= 11 is 0. The Hall–Kier alpha value is -2.15. The summed E-state index contributed by atoms with van der Waals surface area (Å²) in [6, 6.07) is 5.22. The van der Waals surface area contributed by atoms with Crippen LogP contribution in [0.5, 0.6) is 5.75 Å². The first-order chi connectivity index (χ1) is 9.15. The van der Waals surface area contributed by atoms with Crippen molar-refractivity contribution >= 4 is 11.8 Å². The molecule has 1 saturated heterocycles. The van der Waals surface area contributed by atoms with E-state index in [0.717, 1.165) is 0 Å². The monoisotopic (exact) mass is 267 g/mol. The Balaban J connectivity index is 1.85. The van der Waals surface area contributed by atoms with Crippen LogP contribution in [0.2, 0.25) is 0 Å². The van der Waals surface area contributed by atoms with Gasteiger partial charge in [0.15, 0.2) is 0 Å². The third kappa shape index (κ3) is 3.92. The zero-order valence-corrected chi connectivity index (χ0v) is 10.1. The van der Waals surface area contributed by atoms with Gasteiger partial charge in [-0.25, -0.2) is 4.79 Å². The normalized spacial score (nSPS) is 15.8. The minimum absolute atomic E-state index is 0.0647. The zero-order valence-electron chi connectivity index (χ0n) is 10.1. The van der Waals surface area contributed by atoms with Gasteiger partial charge in [0.05, 0.1) is 18.1 Å². The van der Waals surface area contributed by atoms with Crippen LogP contribution in [0.25, 0.3) is 0 Å². The van der Waals surface area contributed by atoms with Crippen molar-refractivity contribution in [1.29, 1.82) is 0 Å². The first-order valence-electron chi connectivity index (χ1n) is 5.86. The van der Waals surface area contributed by atoms with Crippen LogP contribution in [0.1, 0.15) is 12.8 Å². The second kappa shape index (κ2) is 6.14. The van der Waals surface area contributed by atoms with E-state index in [1.165, 1.54) is 24.3 Å². The number of rotatable bonds is 3. The fourth-order valence-electron chi connectivity index (χ4n) is 1.69. The van der Waals surface area contributed by atoms with Gasteiger partial charge in [-0.1, -0.05) is 0 Å². The van der Waals surface area contributed by atoms with Crippen LogP contribution in [-0.2, 0) is 9.47 Å². The molecule has 0 aliphatic carbocycles. The number of carbonyl (C=O) groups is 1. The molecule has 0 radical (unpaired) electrons. The van der Waals surface area contributed by atoms with Gasteiger partial charge in [0.2, 0.25) is 0 Å². The topological polar surface area (TPSA) is 87.9 Å². The lowest BCUT2D eigenvalue weighted by Gasteiger charge is -2.21. The van der Waals surface area contributed by atoms with Crippen LogP contribution in [0, 0.1) is 10.1 Å². The Bertz CT molecular complexity index is 452. The summed E-state index contributed by atoms with van der Waals surface area (Å²) in [6.07, 6.45) is 0.296. The summed E-state index contributed by atoms with van der Waals surface area (Å²) in [5.74, 6) is 0.211. The predicted octanol–water partition coefficient (Wildman–Crippen LogP) is 2.29. The van der Waals surface area contributed by atoms with Crippen molar-refractivity contribution in [2.75, 3.05) is 13.2 Å². The van der Waals surface area contributed by atoms with Crippen LogP contribution in [0.3, 0.4) is 0 Å². The van der Waals surface area contributed by atoms with Crippen LogP contribution >= 0.6 is 0 Å². The molecule has 0 unspecified atom stereocenters. The molecular formula is C12H13NO6. The molecule has 7 heteroatoms. The zero-order chi connectivity index (χ0) is 13.7. The fraction of sp³-hybridized carbons (Fsp3) is 0.417. The minimum atomic E-state index is -0.805. The molecule has 1 heterocycles. The highest BCUT2D eigenvalue weighted by Gasteiger charge is 2.19. The lowest BCUT2D eigenvalue weighted by Crippen LogP contribution is -2.27. The van der Waals surface area contributed by atoms with Crippen molar-refractivity contribution in [1.82, 2.24) is 0 Å². The van der Waals surface area contributed by atoms with Gasteiger partial charge >= 0.3 is 6.16 Å². The average molecular weight is 267 g/mol. The number of hydrogen-bond acceptors (Lipinski definition) is 6. The summed E-state index contributed by atoms with van der Waals surface area (Å²) in [5, 5.41) is 10.5. The number of non-ortho nitro benzene ring substituents is 1. The van der Waals surface area contributed by atoms with Crippen molar-refractivity contribution in [2.24, 2.45) is 0 Å². The molecular weight excluding hydrogens is 254 g/mol. The largest absolute Gasteiger partial charge is 0.514 e. The molecule has 1 aliphatic heterocycles. The number of carbonyl (C=O) groups excluding carboxylic acids is 1. The summed E-state index contributed by atoms with van der Waals surface area (Å²) < 4.78 is 15.2. The third-order valence-electron chi connectivity index (χ3n) is 2.68. The van der Waals surface area contributed by atoms with Crippen molar-refractivity contribution in [3.8, 4) is 5.75 Å². The number of nitro benzene ring substituents is 1. The van der Waals surface area contributed by atoms with Crippen LogP contribution in [0.4, 0.5) is 10.5 Å². The maximum absolute atomic E-state index is 11.5. The molecule has 0 N–H and O–H groups in total. The lowest BCUT2D eigenvalue weighted by molar-refractivity contribution is -0.384. The molecule has 19 heavy (non-hydrogen) atoms. The Kier molecular flexibility index (Phi) is 4.30. The second-order valence-electron chi connectivity index (χ2n) is 4.03. The van der Waals surface area contributed by atoms with E-state index in [-0.39, 0.29) is 17.5 Å². The van der Waals surface area contributed by atoms with Crippen molar-refractivity contribution < 1.29 is 23.9 Å². The van der Waals surface area contributed by atoms with Crippen LogP contribution < -0.4 is 4.74 Å². The average Bonchev–Trinajstić information content (AvgIpc) is 2.40.